The summed E-state index contributed by atoms with van der Waals surface area (Å²) >= 11 is 0. The van der Waals surface area contributed by atoms with Crippen LogP contribution in [0.15, 0.2) is 42.7 Å². The van der Waals surface area contributed by atoms with Crippen molar-refractivity contribution in [3.63, 3.8) is 0 Å². The predicted molar refractivity (Wildman–Crippen MR) is 74.6 cm³/mol. The van der Waals surface area contributed by atoms with Gasteiger partial charge in [-0.15, -0.1) is 0 Å². The lowest BCUT2D eigenvalue weighted by atomic mass is 10.0. The van der Waals surface area contributed by atoms with E-state index in [4.69, 9.17) is 4.74 Å². The SMILES string of the molecule is Cc1cnccc1C(=O)c1ccc(OC(C)C)cc1. The number of aryl methyl sites for hydroxylation is 1. The molecule has 3 nitrogen and oxygen atoms in total. The highest BCUT2D eigenvalue weighted by atomic mass is 16.5. The molecule has 0 N–H and O–H groups in total. The second-order valence-electron chi connectivity index (χ2n) is 4.71. The fourth-order valence-corrected chi connectivity index (χ4v) is 1.84. The van der Waals surface area contributed by atoms with Gasteiger partial charge in [-0.2, -0.15) is 0 Å². The highest BCUT2D eigenvalue weighted by Crippen LogP contribution is 2.17. The van der Waals surface area contributed by atoms with Crippen LogP contribution in [0.1, 0.15) is 35.3 Å². The van der Waals surface area contributed by atoms with Crippen molar-refractivity contribution < 1.29 is 9.53 Å². The van der Waals surface area contributed by atoms with Gasteiger partial charge in [0.2, 0.25) is 0 Å². The molecule has 0 bridgehead atoms. The third-order valence-electron chi connectivity index (χ3n) is 2.75. The van der Waals surface area contributed by atoms with Crippen molar-refractivity contribution in [1.82, 2.24) is 4.98 Å². The zero-order valence-electron chi connectivity index (χ0n) is 11.4. The van der Waals surface area contributed by atoms with Crippen molar-refractivity contribution in [1.29, 1.82) is 0 Å². The fourth-order valence-electron chi connectivity index (χ4n) is 1.84. The Morgan fingerprint density at radius 1 is 1.16 bits per heavy atom. The van der Waals surface area contributed by atoms with Gasteiger partial charge in [0.1, 0.15) is 5.75 Å². The molecule has 1 heterocycles. The van der Waals surface area contributed by atoms with Crippen LogP contribution in [-0.4, -0.2) is 16.9 Å². The number of hydrogen-bond acceptors (Lipinski definition) is 3. The van der Waals surface area contributed by atoms with Crippen LogP contribution >= 0.6 is 0 Å². The Kier molecular flexibility index (Phi) is 3.95. The van der Waals surface area contributed by atoms with Crippen molar-refractivity contribution in [3.8, 4) is 5.75 Å². The van der Waals surface area contributed by atoms with E-state index in [-0.39, 0.29) is 11.9 Å². The van der Waals surface area contributed by atoms with E-state index in [0.29, 0.717) is 11.1 Å². The Morgan fingerprint density at radius 3 is 2.42 bits per heavy atom. The number of carbonyl (C=O) groups is 1. The average molecular weight is 255 g/mol. The van der Waals surface area contributed by atoms with Crippen LogP contribution in [-0.2, 0) is 0 Å². The number of rotatable bonds is 4. The first-order chi connectivity index (χ1) is 9.08. The van der Waals surface area contributed by atoms with E-state index in [1.165, 1.54) is 0 Å². The number of hydrogen-bond donors (Lipinski definition) is 0. The lowest BCUT2D eigenvalue weighted by Gasteiger charge is -2.10. The summed E-state index contributed by atoms with van der Waals surface area (Å²) in [5.41, 5.74) is 2.23. The molecule has 0 fully saturated rings. The second-order valence-corrected chi connectivity index (χ2v) is 4.71. The summed E-state index contributed by atoms with van der Waals surface area (Å²) in [6.45, 7) is 5.83. The first kappa shape index (κ1) is 13.3. The zero-order valence-corrected chi connectivity index (χ0v) is 11.4. The molecular formula is C16H17NO2. The van der Waals surface area contributed by atoms with Gasteiger partial charge in [-0.25, -0.2) is 0 Å². The van der Waals surface area contributed by atoms with Gasteiger partial charge in [0.25, 0.3) is 0 Å². The molecule has 0 atom stereocenters. The lowest BCUT2D eigenvalue weighted by molar-refractivity contribution is 0.103. The van der Waals surface area contributed by atoms with Crippen molar-refractivity contribution in [2.45, 2.75) is 26.9 Å². The van der Waals surface area contributed by atoms with Crippen molar-refractivity contribution >= 4 is 5.78 Å². The zero-order chi connectivity index (χ0) is 13.8. The van der Waals surface area contributed by atoms with Crippen molar-refractivity contribution in [2.75, 3.05) is 0 Å². The summed E-state index contributed by atoms with van der Waals surface area (Å²) in [6, 6.07) is 8.98. The maximum Gasteiger partial charge on any atom is 0.193 e. The third kappa shape index (κ3) is 3.19. The Morgan fingerprint density at radius 2 is 1.84 bits per heavy atom. The smallest absolute Gasteiger partial charge is 0.193 e. The lowest BCUT2D eigenvalue weighted by Crippen LogP contribution is -2.07. The molecule has 1 aromatic carbocycles. The number of ketones is 1. The Balaban J connectivity index is 2.23. The summed E-state index contributed by atoms with van der Waals surface area (Å²) in [5, 5.41) is 0. The third-order valence-corrected chi connectivity index (χ3v) is 2.75. The molecule has 98 valence electrons. The minimum absolute atomic E-state index is 0.0102. The van der Waals surface area contributed by atoms with Crippen LogP contribution in [0.3, 0.4) is 0 Å². The highest BCUT2D eigenvalue weighted by Gasteiger charge is 2.11. The van der Waals surface area contributed by atoms with E-state index in [9.17, 15) is 4.79 Å². The van der Waals surface area contributed by atoms with Gasteiger partial charge < -0.3 is 4.74 Å². The average Bonchev–Trinajstić information content (AvgIpc) is 2.39. The van der Waals surface area contributed by atoms with E-state index in [0.717, 1.165) is 11.3 Å². The number of aromatic nitrogens is 1. The number of benzene rings is 1. The maximum atomic E-state index is 12.3. The second kappa shape index (κ2) is 5.65. The van der Waals surface area contributed by atoms with E-state index >= 15 is 0 Å². The van der Waals surface area contributed by atoms with Crippen LogP contribution in [0.5, 0.6) is 5.75 Å². The molecule has 0 amide bonds. The Labute approximate surface area is 113 Å². The molecule has 0 saturated carbocycles. The van der Waals surface area contributed by atoms with Crippen LogP contribution in [0, 0.1) is 6.92 Å². The highest BCUT2D eigenvalue weighted by molar-refractivity contribution is 6.09. The van der Waals surface area contributed by atoms with E-state index in [2.05, 4.69) is 4.98 Å². The van der Waals surface area contributed by atoms with Crippen molar-refractivity contribution in [2.24, 2.45) is 0 Å². The van der Waals surface area contributed by atoms with Gasteiger partial charge in [-0.3, -0.25) is 9.78 Å². The molecule has 2 aromatic rings. The number of carbonyl (C=O) groups excluding carboxylic acids is 1. The van der Waals surface area contributed by atoms with E-state index < -0.39 is 0 Å². The molecular weight excluding hydrogens is 238 g/mol. The molecule has 0 aliphatic carbocycles. The predicted octanol–water partition coefficient (Wildman–Crippen LogP) is 3.41. The minimum Gasteiger partial charge on any atom is -0.491 e. The van der Waals surface area contributed by atoms with Crippen LogP contribution in [0.25, 0.3) is 0 Å². The van der Waals surface area contributed by atoms with E-state index in [1.54, 1.807) is 30.6 Å². The van der Waals surface area contributed by atoms with Crippen LogP contribution < -0.4 is 4.74 Å². The molecule has 0 radical (unpaired) electrons. The molecule has 1 aromatic heterocycles. The number of ether oxygens (including phenoxy) is 1. The fraction of sp³-hybridized carbons (Fsp3) is 0.250. The first-order valence-electron chi connectivity index (χ1n) is 6.30. The summed E-state index contributed by atoms with van der Waals surface area (Å²) in [7, 11) is 0. The molecule has 0 aliphatic heterocycles. The minimum atomic E-state index is 0.0102. The van der Waals surface area contributed by atoms with Crippen LogP contribution in [0.2, 0.25) is 0 Å². The maximum absolute atomic E-state index is 12.3. The van der Waals surface area contributed by atoms with Crippen LogP contribution in [0.4, 0.5) is 0 Å². The van der Waals surface area contributed by atoms with Gasteiger partial charge in [0, 0.05) is 23.5 Å². The van der Waals surface area contributed by atoms with Gasteiger partial charge in [-0.1, -0.05) is 0 Å². The van der Waals surface area contributed by atoms with Gasteiger partial charge in [0.05, 0.1) is 6.10 Å². The molecule has 3 heteroatoms. The molecule has 0 aliphatic rings. The molecule has 0 saturated heterocycles. The molecule has 0 unspecified atom stereocenters. The normalized spacial score (nSPS) is 10.5. The summed E-state index contributed by atoms with van der Waals surface area (Å²) in [6.07, 6.45) is 3.46. The first-order valence-corrected chi connectivity index (χ1v) is 6.30. The standard InChI is InChI=1S/C16H17NO2/c1-11(2)19-14-6-4-13(5-7-14)16(18)15-8-9-17-10-12(15)3/h4-11H,1-3H3. The Hall–Kier alpha value is -2.16. The summed E-state index contributed by atoms with van der Waals surface area (Å²) in [5.74, 6) is 0.786. The summed E-state index contributed by atoms with van der Waals surface area (Å²) < 4.78 is 5.56. The molecule has 2 rings (SSSR count). The van der Waals surface area contributed by atoms with E-state index in [1.807, 2.05) is 32.9 Å². The van der Waals surface area contributed by atoms with Gasteiger partial charge >= 0.3 is 0 Å². The van der Waals surface area contributed by atoms with Gasteiger partial charge in [-0.05, 0) is 56.7 Å². The number of nitrogens with zero attached hydrogens (tertiary/aromatic N) is 1. The monoisotopic (exact) mass is 255 g/mol. The molecule has 0 spiro atoms. The quantitative estimate of drug-likeness (QED) is 0.786. The molecule has 19 heavy (non-hydrogen) atoms. The number of pyridine rings is 1. The topological polar surface area (TPSA) is 39.2 Å². The largest absolute Gasteiger partial charge is 0.491 e. The van der Waals surface area contributed by atoms with Gasteiger partial charge in [0.15, 0.2) is 5.78 Å². The Bertz CT molecular complexity index is 574. The summed E-state index contributed by atoms with van der Waals surface area (Å²) in [4.78, 5) is 16.3. The van der Waals surface area contributed by atoms with Crippen molar-refractivity contribution in [3.05, 3.63) is 59.4 Å².